The highest BCUT2D eigenvalue weighted by Crippen LogP contribution is 2.25. The fourth-order valence-electron chi connectivity index (χ4n) is 2.66. The Labute approximate surface area is 85.6 Å². The van der Waals surface area contributed by atoms with Crippen molar-refractivity contribution in [2.24, 2.45) is 11.7 Å². The lowest BCUT2D eigenvalue weighted by atomic mass is 9.89. The van der Waals surface area contributed by atoms with Crippen LogP contribution in [0, 0.1) is 5.92 Å². The second kappa shape index (κ2) is 4.30. The first-order valence-electron chi connectivity index (χ1n) is 5.79. The topological polar surface area (TPSA) is 46.3 Å². The Kier molecular flexibility index (Phi) is 3.06. The first-order valence-corrected chi connectivity index (χ1v) is 5.79. The van der Waals surface area contributed by atoms with Crippen molar-refractivity contribution in [1.29, 1.82) is 0 Å². The lowest BCUT2D eigenvalue weighted by Gasteiger charge is -2.26. The maximum atomic E-state index is 11.5. The molecule has 0 unspecified atom stereocenters. The largest absolute Gasteiger partial charge is 0.341 e. The van der Waals surface area contributed by atoms with Crippen LogP contribution in [0.1, 0.15) is 38.5 Å². The van der Waals surface area contributed by atoms with Gasteiger partial charge in [0.15, 0.2) is 0 Å². The normalized spacial score (nSPS) is 29.9. The predicted molar refractivity (Wildman–Crippen MR) is 55.7 cm³/mol. The van der Waals surface area contributed by atoms with Crippen molar-refractivity contribution in [3.05, 3.63) is 0 Å². The van der Waals surface area contributed by atoms with Crippen LogP contribution in [0.3, 0.4) is 0 Å². The Morgan fingerprint density at radius 1 is 1.29 bits per heavy atom. The third-order valence-corrected chi connectivity index (χ3v) is 3.45. The van der Waals surface area contributed by atoms with E-state index in [9.17, 15) is 4.79 Å². The van der Waals surface area contributed by atoms with Gasteiger partial charge in [0.25, 0.3) is 0 Å². The van der Waals surface area contributed by atoms with Gasteiger partial charge in [-0.15, -0.1) is 0 Å². The van der Waals surface area contributed by atoms with Crippen molar-refractivity contribution >= 4 is 5.91 Å². The van der Waals surface area contributed by atoms with E-state index < -0.39 is 0 Å². The van der Waals surface area contributed by atoms with E-state index >= 15 is 0 Å². The Morgan fingerprint density at radius 2 is 2.00 bits per heavy atom. The summed E-state index contributed by atoms with van der Waals surface area (Å²) in [6.07, 6.45) is 7.24. The lowest BCUT2D eigenvalue weighted by molar-refractivity contribution is -0.128. The van der Waals surface area contributed by atoms with Crippen LogP contribution in [0.4, 0.5) is 0 Å². The summed E-state index contributed by atoms with van der Waals surface area (Å²) in [6, 6.07) is 0.0890. The third kappa shape index (κ3) is 2.27. The highest BCUT2D eigenvalue weighted by atomic mass is 16.2. The van der Waals surface area contributed by atoms with Crippen LogP contribution in [0.15, 0.2) is 0 Å². The summed E-state index contributed by atoms with van der Waals surface area (Å²) >= 11 is 0. The van der Waals surface area contributed by atoms with Crippen LogP contribution < -0.4 is 5.73 Å². The number of hydrogen-bond donors (Lipinski definition) is 1. The third-order valence-electron chi connectivity index (χ3n) is 3.45. The number of rotatable bonds is 2. The van der Waals surface area contributed by atoms with Crippen molar-refractivity contribution in [3.8, 4) is 0 Å². The van der Waals surface area contributed by atoms with Gasteiger partial charge in [-0.3, -0.25) is 4.79 Å². The van der Waals surface area contributed by atoms with E-state index in [0.717, 1.165) is 19.0 Å². The number of carbonyl (C=O) groups is 1. The molecular formula is C11H20N2O. The van der Waals surface area contributed by atoms with Crippen LogP contribution in [0.5, 0.6) is 0 Å². The highest BCUT2D eigenvalue weighted by Gasteiger charge is 2.28. The second-order valence-corrected chi connectivity index (χ2v) is 4.77. The Hall–Kier alpha value is -0.570. The molecule has 1 heterocycles. The molecule has 0 radical (unpaired) electrons. The minimum atomic E-state index is 0.0890. The predicted octanol–water partition coefficient (Wildman–Crippen LogP) is 1.13. The number of hydrogen-bond acceptors (Lipinski definition) is 2. The van der Waals surface area contributed by atoms with E-state index in [0.29, 0.717) is 6.42 Å². The first kappa shape index (κ1) is 9.97. The molecule has 0 spiro atoms. The number of nitrogens with zero attached hydrogens (tertiary/aromatic N) is 1. The summed E-state index contributed by atoms with van der Waals surface area (Å²) in [6.45, 7) is 1.75. The van der Waals surface area contributed by atoms with E-state index in [4.69, 9.17) is 5.73 Å². The molecule has 2 rings (SSSR count). The zero-order valence-corrected chi connectivity index (χ0v) is 8.74. The quantitative estimate of drug-likeness (QED) is 0.719. The Balaban J connectivity index is 1.81. The summed E-state index contributed by atoms with van der Waals surface area (Å²) in [5.41, 5.74) is 5.76. The molecule has 3 nitrogen and oxygen atoms in total. The lowest BCUT2D eigenvalue weighted by Crippen LogP contribution is -2.33. The van der Waals surface area contributed by atoms with Crippen molar-refractivity contribution in [2.75, 3.05) is 13.1 Å². The molecule has 1 amide bonds. The summed E-state index contributed by atoms with van der Waals surface area (Å²) in [4.78, 5) is 13.5. The molecule has 1 saturated heterocycles. The van der Waals surface area contributed by atoms with Gasteiger partial charge in [0.05, 0.1) is 0 Å². The fourth-order valence-corrected chi connectivity index (χ4v) is 2.66. The van der Waals surface area contributed by atoms with Crippen LogP contribution in [0.25, 0.3) is 0 Å². The average molecular weight is 196 g/mol. The summed E-state index contributed by atoms with van der Waals surface area (Å²) in [7, 11) is 0. The van der Waals surface area contributed by atoms with Crippen molar-refractivity contribution < 1.29 is 4.79 Å². The van der Waals surface area contributed by atoms with E-state index in [1.165, 1.54) is 32.1 Å². The van der Waals surface area contributed by atoms with E-state index in [1.54, 1.807) is 0 Å². The summed E-state index contributed by atoms with van der Waals surface area (Å²) in [5.74, 6) is 1.01. The van der Waals surface area contributed by atoms with Gasteiger partial charge in [-0.2, -0.15) is 0 Å². The number of amides is 1. The molecule has 2 N–H and O–H groups in total. The molecule has 3 heteroatoms. The first-order chi connectivity index (χ1) is 6.75. The molecule has 80 valence electrons. The van der Waals surface area contributed by atoms with Crippen molar-refractivity contribution in [3.63, 3.8) is 0 Å². The van der Waals surface area contributed by atoms with Crippen LogP contribution in [-0.2, 0) is 4.79 Å². The van der Waals surface area contributed by atoms with E-state index in [1.807, 2.05) is 4.90 Å². The molecule has 0 bridgehead atoms. The summed E-state index contributed by atoms with van der Waals surface area (Å²) in [5, 5.41) is 0. The van der Waals surface area contributed by atoms with Crippen LogP contribution in [0.2, 0.25) is 0 Å². The maximum absolute atomic E-state index is 11.5. The second-order valence-electron chi connectivity index (χ2n) is 4.77. The van der Waals surface area contributed by atoms with Gasteiger partial charge in [-0.05, 0) is 18.8 Å². The van der Waals surface area contributed by atoms with Crippen LogP contribution >= 0.6 is 0 Å². The molecule has 2 fully saturated rings. The SMILES string of the molecule is N[C@@H]1CC(=O)N(CC2CCCCC2)C1. The minimum absolute atomic E-state index is 0.0890. The van der Waals surface area contributed by atoms with Gasteiger partial charge in [-0.1, -0.05) is 19.3 Å². The molecule has 2 aliphatic rings. The molecule has 0 aromatic carbocycles. The Morgan fingerprint density at radius 3 is 2.57 bits per heavy atom. The standard InChI is InChI=1S/C11H20N2O/c12-10-6-11(14)13(8-10)7-9-4-2-1-3-5-9/h9-10H,1-8,12H2/t10-/m1/s1. The molecular weight excluding hydrogens is 176 g/mol. The van der Waals surface area contributed by atoms with Gasteiger partial charge in [0.2, 0.25) is 5.91 Å². The maximum Gasteiger partial charge on any atom is 0.224 e. The van der Waals surface area contributed by atoms with Gasteiger partial charge >= 0.3 is 0 Å². The van der Waals surface area contributed by atoms with E-state index in [-0.39, 0.29) is 11.9 Å². The monoisotopic (exact) mass is 196 g/mol. The zero-order valence-electron chi connectivity index (χ0n) is 8.74. The van der Waals surface area contributed by atoms with Crippen LogP contribution in [-0.4, -0.2) is 29.9 Å². The van der Waals surface area contributed by atoms with Crippen molar-refractivity contribution in [2.45, 2.75) is 44.6 Å². The van der Waals surface area contributed by atoms with Gasteiger partial charge in [0, 0.05) is 25.6 Å². The number of likely N-dealkylation sites (tertiary alicyclic amines) is 1. The summed E-state index contributed by atoms with van der Waals surface area (Å²) < 4.78 is 0. The molecule has 0 aromatic heterocycles. The average Bonchev–Trinajstić information content (AvgIpc) is 2.47. The number of nitrogens with two attached hydrogens (primary N) is 1. The minimum Gasteiger partial charge on any atom is -0.341 e. The zero-order chi connectivity index (χ0) is 9.97. The molecule has 14 heavy (non-hydrogen) atoms. The molecule has 1 aliphatic heterocycles. The van der Waals surface area contributed by atoms with Gasteiger partial charge < -0.3 is 10.6 Å². The highest BCUT2D eigenvalue weighted by molar-refractivity contribution is 5.79. The molecule has 1 atom stereocenters. The molecule has 1 saturated carbocycles. The number of carbonyl (C=O) groups excluding carboxylic acids is 1. The van der Waals surface area contributed by atoms with Crippen molar-refractivity contribution in [1.82, 2.24) is 4.90 Å². The smallest absolute Gasteiger partial charge is 0.224 e. The fraction of sp³-hybridized carbons (Fsp3) is 0.909. The van der Waals surface area contributed by atoms with Gasteiger partial charge in [0.1, 0.15) is 0 Å². The Bertz CT molecular complexity index is 211. The molecule has 1 aliphatic carbocycles. The van der Waals surface area contributed by atoms with E-state index in [2.05, 4.69) is 0 Å². The molecule has 0 aromatic rings. The van der Waals surface area contributed by atoms with Gasteiger partial charge in [-0.25, -0.2) is 0 Å².